The SMILES string of the molecule is CCCCCCCCn1cc[n+](CCCN2C(=O)c3ccc4c5ccc6c7c(ccc(c8ccc(c3c48)C2=O)c75)C(=O)N(CCC[n+]2ccn(CCCCCCCC)c2)C6=O)c1. The predicted molar refractivity (Wildman–Crippen MR) is 244 cm³/mol. The minimum absolute atomic E-state index is 0.270. The number of amides is 4. The van der Waals surface area contributed by atoms with Crippen LogP contribution in [0.5, 0.6) is 0 Å². The Kier molecular flexibility index (Phi) is 12.2. The van der Waals surface area contributed by atoms with Gasteiger partial charge in [-0.2, -0.15) is 0 Å². The smallest absolute Gasteiger partial charge is 0.261 e. The normalized spacial score (nSPS) is 14.0. The summed E-state index contributed by atoms with van der Waals surface area (Å²) in [7, 11) is 0. The van der Waals surface area contributed by atoms with Gasteiger partial charge in [0.05, 0.1) is 26.2 Å². The Morgan fingerprint density at radius 1 is 0.387 bits per heavy atom. The highest BCUT2D eigenvalue weighted by Gasteiger charge is 2.37. The lowest BCUT2D eigenvalue weighted by Crippen LogP contribution is -2.42. The molecule has 2 aliphatic heterocycles. The number of nitrogens with zero attached hydrogens (tertiary/aromatic N) is 6. The van der Waals surface area contributed by atoms with Crippen LogP contribution in [0.15, 0.2) is 86.0 Å². The molecule has 4 heterocycles. The van der Waals surface area contributed by atoms with Crippen LogP contribution in [0.4, 0.5) is 0 Å². The van der Waals surface area contributed by atoms with E-state index in [1.165, 1.54) is 86.8 Å². The summed E-state index contributed by atoms with van der Waals surface area (Å²) >= 11 is 0. The molecule has 0 atom stereocenters. The van der Waals surface area contributed by atoms with Crippen LogP contribution in [0.3, 0.4) is 0 Å². The Morgan fingerprint density at radius 2 is 0.726 bits per heavy atom. The monoisotopic (exact) mass is 832 g/mol. The first-order valence-electron chi connectivity index (χ1n) is 23.4. The first-order valence-corrected chi connectivity index (χ1v) is 23.4. The number of rotatable bonds is 22. The van der Waals surface area contributed by atoms with Crippen LogP contribution in [-0.2, 0) is 26.2 Å². The number of imide groups is 2. The van der Waals surface area contributed by atoms with Crippen molar-refractivity contribution in [3.05, 3.63) is 108 Å². The van der Waals surface area contributed by atoms with Crippen LogP contribution in [0.25, 0.3) is 43.1 Å². The molecule has 0 N–H and O–H groups in total. The van der Waals surface area contributed by atoms with Gasteiger partial charge in [-0.15, -0.1) is 0 Å². The van der Waals surface area contributed by atoms with E-state index in [9.17, 15) is 19.2 Å². The predicted octanol–water partition coefficient (Wildman–Crippen LogP) is 10.0. The number of fused-ring (bicyclic) bond motifs is 2. The summed E-state index contributed by atoms with van der Waals surface area (Å²) in [5, 5.41) is 6.69. The van der Waals surface area contributed by atoms with Crippen LogP contribution >= 0.6 is 0 Å². The maximum absolute atomic E-state index is 14.1. The molecule has 9 rings (SSSR count). The highest BCUT2D eigenvalue weighted by Crippen LogP contribution is 2.46. The first kappa shape index (κ1) is 41.5. The second-order valence-electron chi connectivity index (χ2n) is 17.7. The van der Waals surface area contributed by atoms with Crippen molar-refractivity contribution in [3.8, 4) is 0 Å². The third-order valence-electron chi connectivity index (χ3n) is 13.4. The van der Waals surface area contributed by atoms with E-state index in [1.54, 1.807) is 0 Å². The van der Waals surface area contributed by atoms with E-state index >= 15 is 0 Å². The van der Waals surface area contributed by atoms with Crippen molar-refractivity contribution in [3.63, 3.8) is 0 Å². The molecule has 0 unspecified atom stereocenters. The van der Waals surface area contributed by atoms with E-state index in [1.807, 2.05) is 48.5 Å². The maximum atomic E-state index is 14.1. The number of aromatic nitrogens is 4. The van der Waals surface area contributed by atoms with Crippen LogP contribution in [0.2, 0.25) is 0 Å². The summed E-state index contributed by atoms with van der Waals surface area (Å²) in [6, 6.07) is 15.3. The lowest BCUT2D eigenvalue weighted by Gasteiger charge is -2.30. The van der Waals surface area contributed by atoms with Gasteiger partial charge in [-0.1, -0.05) is 89.5 Å². The number of carbonyl (C=O) groups is 4. The van der Waals surface area contributed by atoms with E-state index in [-0.39, 0.29) is 23.6 Å². The van der Waals surface area contributed by atoms with Crippen molar-refractivity contribution in [2.75, 3.05) is 13.1 Å². The number of unbranched alkanes of at least 4 members (excludes halogenated alkanes) is 10. The fourth-order valence-electron chi connectivity index (χ4n) is 10.2. The molecule has 0 fully saturated rings. The van der Waals surface area contributed by atoms with Crippen molar-refractivity contribution >= 4 is 66.7 Å². The molecule has 0 radical (unpaired) electrons. The van der Waals surface area contributed by atoms with E-state index in [0.29, 0.717) is 72.0 Å². The number of hydrogen-bond acceptors (Lipinski definition) is 4. The van der Waals surface area contributed by atoms with Crippen LogP contribution < -0.4 is 9.13 Å². The summed E-state index contributed by atoms with van der Waals surface area (Å²) in [5.41, 5.74) is 2.11. The van der Waals surface area contributed by atoms with Gasteiger partial charge < -0.3 is 0 Å². The molecule has 0 spiro atoms. The fraction of sp³-hybridized carbons (Fsp3) is 0.423. The summed E-state index contributed by atoms with van der Waals surface area (Å²) in [5.74, 6) is -1.08. The zero-order chi connectivity index (χ0) is 42.7. The van der Waals surface area contributed by atoms with E-state index in [2.05, 4.69) is 69.6 Å². The summed E-state index contributed by atoms with van der Waals surface area (Å²) in [6.45, 7) is 8.56. The van der Waals surface area contributed by atoms with Gasteiger partial charge in [-0.05, 0) is 82.3 Å². The van der Waals surface area contributed by atoms with E-state index in [0.717, 1.165) is 45.4 Å². The molecule has 4 amide bonds. The molecule has 0 saturated heterocycles. The summed E-state index contributed by atoms with van der Waals surface area (Å²) in [4.78, 5) is 59.3. The van der Waals surface area contributed by atoms with Crippen LogP contribution in [0, 0.1) is 0 Å². The number of carbonyl (C=O) groups excluding carboxylic acids is 4. The molecule has 10 nitrogen and oxygen atoms in total. The van der Waals surface area contributed by atoms with Crippen molar-refractivity contribution < 1.29 is 28.3 Å². The topological polar surface area (TPSA) is 92.4 Å². The van der Waals surface area contributed by atoms with Crippen molar-refractivity contribution in [1.29, 1.82) is 0 Å². The molecule has 0 aliphatic carbocycles. The van der Waals surface area contributed by atoms with Crippen LogP contribution in [0.1, 0.15) is 145 Å². The quantitative estimate of drug-likeness (QED) is 0.0224. The van der Waals surface area contributed by atoms with Gasteiger partial charge in [0, 0.05) is 59.0 Å². The Balaban J connectivity index is 0.902. The lowest BCUT2D eigenvalue weighted by atomic mass is 9.82. The van der Waals surface area contributed by atoms with E-state index in [4.69, 9.17) is 0 Å². The minimum Gasteiger partial charge on any atom is -0.274 e. The average Bonchev–Trinajstić information content (AvgIpc) is 3.95. The van der Waals surface area contributed by atoms with Gasteiger partial charge in [0.15, 0.2) is 0 Å². The third kappa shape index (κ3) is 7.77. The van der Waals surface area contributed by atoms with Gasteiger partial charge in [0.1, 0.15) is 24.8 Å². The minimum atomic E-state index is -0.270. The zero-order valence-corrected chi connectivity index (χ0v) is 36.5. The van der Waals surface area contributed by atoms with Crippen molar-refractivity contribution in [2.24, 2.45) is 0 Å². The van der Waals surface area contributed by atoms with Crippen molar-refractivity contribution in [2.45, 2.75) is 130 Å². The maximum Gasteiger partial charge on any atom is 0.261 e. The molecule has 10 heteroatoms. The Labute approximate surface area is 364 Å². The molecule has 7 aromatic rings. The molecule has 0 saturated carbocycles. The molecule has 5 aromatic carbocycles. The van der Waals surface area contributed by atoms with Gasteiger partial charge >= 0.3 is 0 Å². The second kappa shape index (κ2) is 18.2. The molecule has 320 valence electrons. The summed E-state index contributed by atoms with van der Waals surface area (Å²) < 4.78 is 8.72. The number of benzene rings is 5. The van der Waals surface area contributed by atoms with E-state index < -0.39 is 0 Å². The van der Waals surface area contributed by atoms with Gasteiger partial charge in [-0.3, -0.25) is 29.0 Å². The highest BCUT2D eigenvalue weighted by atomic mass is 16.2. The number of hydrogen-bond donors (Lipinski definition) is 0. The molecular weight excluding hydrogens is 773 g/mol. The largest absolute Gasteiger partial charge is 0.274 e. The fourth-order valence-corrected chi connectivity index (χ4v) is 10.2. The molecule has 62 heavy (non-hydrogen) atoms. The average molecular weight is 833 g/mol. The number of aryl methyl sites for hydroxylation is 4. The van der Waals surface area contributed by atoms with Gasteiger partial charge in [0.25, 0.3) is 23.6 Å². The van der Waals surface area contributed by atoms with Gasteiger partial charge in [-0.25, -0.2) is 18.3 Å². The standard InChI is InChI=1S/C52H60N6O4/c1-3-5-7-9-11-13-25-53-31-33-55(35-53)27-15-29-57-49(59)41-21-17-37-39-19-23-43-48-44(24-20-40(46(39)48)38-18-22-42(50(57)60)47(41)45(37)38)52(62)58(51(43)61)30-16-28-56-34-32-54(36-56)26-14-12-10-8-6-4-2/h17-24,31-36H,3-16,25-30H2,1-2H3/q+2. The molecule has 2 aliphatic rings. The van der Waals surface area contributed by atoms with Crippen LogP contribution in [-0.4, -0.2) is 55.7 Å². The van der Waals surface area contributed by atoms with Gasteiger partial charge in [0.2, 0.25) is 12.7 Å². The number of imidazole rings is 2. The Hall–Kier alpha value is -5.90. The molecular formula is C52H60N6O4+2. The second-order valence-corrected chi connectivity index (χ2v) is 17.7. The highest BCUT2D eigenvalue weighted by molar-refractivity contribution is 6.41. The van der Waals surface area contributed by atoms with Crippen molar-refractivity contribution in [1.82, 2.24) is 18.9 Å². The first-order chi connectivity index (χ1) is 30.4. The Morgan fingerprint density at radius 3 is 1.08 bits per heavy atom. The Bertz CT molecular complexity index is 2490. The molecule has 0 bridgehead atoms. The lowest BCUT2D eigenvalue weighted by molar-refractivity contribution is -0.696. The molecule has 2 aromatic heterocycles. The third-order valence-corrected chi connectivity index (χ3v) is 13.4. The summed E-state index contributed by atoms with van der Waals surface area (Å²) in [6.07, 6.45) is 29.1. The zero-order valence-electron chi connectivity index (χ0n) is 36.5.